The number of rotatable bonds is 4. The Balaban J connectivity index is 3.36. The van der Waals surface area contributed by atoms with Gasteiger partial charge in [0.2, 0.25) is 0 Å². The van der Waals surface area contributed by atoms with Crippen LogP contribution in [0.5, 0.6) is 5.75 Å². The van der Waals surface area contributed by atoms with Crippen LogP contribution in [-0.4, -0.2) is 19.4 Å². The first kappa shape index (κ1) is 16.1. The van der Waals surface area contributed by atoms with Crippen LogP contribution in [0.1, 0.15) is 16.7 Å². The molecule has 8 heteroatoms. The van der Waals surface area contributed by atoms with Crippen molar-refractivity contribution in [1.29, 1.82) is 5.26 Å². The highest BCUT2D eigenvalue weighted by atomic mass is 35.5. The third kappa shape index (κ3) is 4.03. The molecule has 0 N–H and O–H groups in total. The fraction of sp³-hybridized carbons (Fsp3) is 0.333. The van der Waals surface area contributed by atoms with E-state index in [1.165, 1.54) is 6.07 Å². The monoisotopic (exact) mass is 307 g/mol. The lowest BCUT2D eigenvalue weighted by molar-refractivity contribution is -0.274. The maximum Gasteiger partial charge on any atom is 0.573 e. The van der Waals surface area contributed by atoms with Gasteiger partial charge in [0.05, 0.1) is 25.2 Å². The molecule has 20 heavy (non-hydrogen) atoms. The number of methoxy groups -OCH3 is 1. The summed E-state index contributed by atoms with van der Waals surface area (Å²) in [5.41, 5.74) is -0.00966. The van der Waals surface area contributed by atoms with Gasteiger partial charge in [-0.05, 0) is 11.6 Å². The average Bonchev–Trinajstić information content (AvgIpc) is 2.38. The van der Waals surface area contributed by atoms with E-state index in [1.807, 2.05) is 0 Å². The number of hydrogen-bond donors (Lipinski definition) is 0. The van der Waals surface area contributed by atoms with E-state index in [4.69, 9.17) is 16.9 Å². The van der Waals surface area contributed by atoms with Crippen LogP contribution in [0.15, 0.2) is 12.1 Å². The largest absolute Gasteiger partial charge is 0.573 e. The highest BCUT2D eigenvalue weighted by Crippen LogP contribution is 2.31. The van der Waals surface area contributed by atoms with Gasteiger partial charge in [-0.15, -0.1) is 24.8 Å². The van der Waals surface area contributed by atoms with E-state index in [0.717, 1.165) is 13.2 Å². The molecule has 0 fully saturated rings. The predicted octanol–water partition coefficient (Wildman–Crippen LogP) is 2.91. The smallest absolute Gasteiger partial charge is 0.469 e. The molecule has 0 spiro atoms. The minimum absolute atomic E-state index is 0.0800. The van der Waals surface area contributed by atoms with E-state index in [-0.39, 0.29) is 17.0 Å². The van der Waals surface area contributed by atoms with Crippen LogP contribution >= 0.6 is 11.6 Å². The summed E-state index contributed by atoms with van der Waals surface area (Å²) in [6.07, 6.45) is -5.45. The molecule has 0 aromatic heterocycles. The molecule has 4 nitrogen and oxygen atoms in total. The number of ether oxygens (including phenoxy) is 2. The highest BCUT2D eigenvalue weighted by Gasteiger charge is 2.33. The van der Waals surface area contributed by atoms with Gasteiger partial charge in [-0.3, -0.25) is 4.79 Å². The number of nitrogens with zero attached hydrogens (tertiary/aromatic N) is 1. The third-order valence-corrected chi connectivity index (χ3v) is 2.67. The Bertz CT molecular complexity index is 552. The zero-order chi connectivity index (χ0) is 15.3. The molecule has 1 aromatic rings. The summed E-state index contributed by atoms with van der Waals surface area (Å²) in [5.74, 6) is -1.49. The van der Waals surface area contributed by atoms with Crippen molar-refractivity contribution in [3.63, 3.8) is 0 Å². The van der Waals surface area contributed by atoms with Crippen LogP contribution in [0.25, 0.3) is 0 Å². The van der Waals surface area contributed by atoms with Crippen LogP contribution in [-0.2, 0) is 21.8 Å². The van der Waals surface area contributed by atoms with Crippen LogP contribution < -0.4 is 4.74 Å². The Hall–Kier alpha value is -1.94. The lowest BCUT2D eigenvalue weighted by Crippen LogP contribution is -2.19. The molecule has 1 rings (SSSR count). The predicted molar refractivity (Wildman–Crippen MR) is 63.1 cm³/mol. The van der Waals surface area contributed by atoms with Crippen molar-refractivity contribution < 1.29 is 27.4 Å². The molecule has 0 amide bonds. The molecule has 1 aromatic carbocycles. The van der Waals surface area contributed by atoms with Gasteiger partial charge < -0.3 is 9.47 Å². The summed E-state index contributed by atoms with van der Waals surface area (Å²) < 4.78 is 45.1. The van der Waals surface area contributed by atoms with Crippen LogP contribution in [0.2, 0.25) is 0 Å². The minimum Gasteiger partial charge on any atom is -0.469 e. The Labute approximate surface area is 117 Å². The van der Waals surface area contributed by atoms with Crippen molar-refractivity contribution in [2.75, 3.05) is 7.11 Å². The van der Waals surface area contributed by atoms with Crippen molar-refractivity contribution in [2.45, 2.75) is 18.7 Å². The van der Waals surface area contributed by atoms with Crippen molar-refractivity contribution in [3.8, 4) is 11.8 Å². The zero-order valence-corrected chi connectivity index (χ0v) is 11.0. The normalized spacial score (nSPS) is 10.8. The summed E-state index contributed by atoms with van der Waals surface area (Å²) in [5, 5.41) is 9.04. The fourth-order valence-corrected chi connectivity index (χ4v) is 1.76. The number of carbonyl (C=O) groups excluding carboxylic acids is 1. The number of benzene rings is 1. The molecule has 0 heterocycles. The maximum absolute atomic E-state index is 12.3. The van der Waals surface area contributed by atoms with Gasteiger partial charge in [0, 0.05) is 11.4 Å². The van der Waals surface area contributed by atoms with Crippen molar-refractivity contribution in [1.82, 2.24) is 0 Å². The van der Waals surface area contributed by atoms with Gasteiger partial charge >= 0.3 is 12.3 Å². The van der Waals surface area contributed by atoms with Gasteiger partial charge in [0.1, 0.15) is 5.75 Å². The van der Waals surface area contributed by atoms with E-state index in [1.54, 1.807) is 6.07 Å². The molecule has 108 valence electrons. The summed E-state index contributed by atoms with van der Waals surface area (Å²) in [6.45, 7) is 0. The molecular weight excluding hydrogens is 299 g/mol. The second-order valence-corrected chi connectivity index (χ2v) is 3.89. The minimum atomic E-state index is -4.93. The fourth-order valence-electron chi connectivity index (χ4n) is 1.54. The second-order valence-electron chi connectivity index (χ2n) is 3.62. The quantitative estimate of drug-likeness (QED) is 0.634. The number of esters is 1. The van der Waals surface area contributed by atoms with Crippen molar-refractivity contribution in [3.05, 3.63) is 28.8 Å². The molecule has 0 atom stereocenters. The van der Waals surface area contributed by atoms with E-state index >= 15 is 0 Å². The molecule has 0 aliphatic carbocycles. The zero-order valence-electron chi connectivity index (χ0n) is 10.3. The van der Waals surface area contributed by atoms with Gasteiger partial charge in [0.15, 0.2) is 0 Å². The van der Waals surface area contributed by atoms with Crippen LogP contribution in [0.4, 0.5) is 13.2 Å². The van der Waals surface area contributed by atoms with E-state index in [2.05, 4.69) is 9.47 Å². The van der Waals surface area contributed by atoms with Gasteiger partial charge in [-0.2, -0.15) is 5.26 Å². The Morgan fingerprint density at radius 1 is 1.45 bits per heavy atom. The van der Waals surface area contributed by atoms with E-state index in [9.17, 15) is 18.0 Å². The number of nitriles is 1. The summed E-state index contributed by atoms with van der Waals surface area (Å²) in [6, 6.07) is 3.99. The molecule has 0 aliphatic heterocycles. The first-order valence-electron chi connectivity index (χ1n) is 5.25. The van der Waals surface area contributed by atoms with Crippen molar-refractivity contribution >= 4 is 17.6 Å². The van der Waals surface area contributed by atoms with Gasteiger partial charge in [0.25, 0.3) is 0 Å². The SMILES string of the molecule is COC(=O)Cc1c(OC(F)(F)F)ccc(CCl)c1C#N. The van der Waals surface area contributed by atoms with Gasteiger partial charge in [-0.25, -0.2) is 0 Å². The molecule has 0 bridgehead atoms. The number of carbonyl (C=O) groups is 1. The average molecular weight is 308 g/mol. The summed E-state index contributed by atoms with van der Waals surface area (Å²) in [4.78, 5) is 11.3. The Morgan fingerprint density at radius 2 is 2.10 bits per heavy atom. The second kappa shape index (κ2) is 6.48. The molecule has 0 saturated heterocycles. The first-order valence-corrected chi connectivity index (χ1v) is 5.79. The highest BCUT2D eigenvalue weighted by molar-refractivity contribution is 6.17. The number of halogens is 4. The molecule has 0 radical (unpaired) electrons. The Morgan fingerprint density at radius 3 is 2.55 bits per heavy atom. The van der Waals surface area contributed by atoms with E-state index in [0.29, 0.717) is 5.56 Å². The summed E-state index contributed by atoms with van der Waals surface area (Å²) in [7, 11) is 1.09. The maximum atomic E-state index is 12.3. The summed E-state index contributed by atoms with van der Waals surface area (Å²) >= 11 is 5.61. The number of hydrogen-bond acceptors (Lipinski definition) is 4. The van der Waals surface area contributed by atoms with Gasteiger partial charge in [-0.1, -0.05) is 6.07 Å². The lowest BCUT2D eigenvalue weighted by Gasteiger charge is -2.15. The van der Waals surface area contributed by atoms with Crippen LogP contribution in [0, 0.1) is 11.3 Å². The molecule has 0 aliphatic rings. The number of alkyl halides is 4. The first-order chi connectivity index (χ1) is 9.32. The van der Waals surface area contributed by atoms with Crippen molar-refractivity contribution in [2.24, 2.45) is 0 Å². The topological polar surface area (TPSA) is 59.3 Å². The molecular formula is C12H9ClF3NO3. The molecule has 0 saturated carbocycles. The lowest BCUT2D eigenvalue weighted by atomic mass is 9.99. The van der Waals surface area contributed by atoms with Crippen LogP contribution in [0.3, 0.4) is 0 Å². The molecule has 0 unspecified atom stereocenters. The Kier molecular flexibility index (Phi) is 5.22. The van der Waals surface area contributed by atoms with E-state index < -0.39 is 24.5 Å². The third-order valence-electron chi connectivity index (χ3n) is 2.39. The standard InChI is InChI=1S/C12H9ClF3NO3/c1-19-11(18)4-8-9(6-17)7(5-13)2-3-10(8)20-12(14,15)16/h2-3H,4-5H2,1H3.